The smallest absolute Gasteiger partial charge is 0.349 e. The standard InChI is InChI=1S/C27H25N3O6/c1-4-33-23-8-6-22(7-9-23)30-17(2)11-19(18(30)3)12-20(14-28)27(32)34-15-26(31)29-21-5-10-24-25(13-21)36-16-35-24/h5-13H,4,15-16H2,1-3H3,(H,29,31)/b20-12+. The fourth-order valence-electron chi connectivity index (χ4n) is 3.86. The molecule has 0 atom stereocenters. The van der Waals surface area contributed by atoms with E-state index in [0.29, 0.717) is 29.4 Å². The minimum atomic E-state index is -0.885. The lowest BCUT2D eigenvalue weighted by molar-refractivity contribution is -0.142. The van der Waals surface area contributed by atoms with Crippen LogP contribution in [0.1, 0.15) is 23.9 Å². The van der Waals surface area contributed by atoms with Crippen LogP contribution in [-0.2, 0) is 14.3 Å². The number of nitriles is 1. The molecule has 9 heteroatoms. The molecule has 0 radical (unpaired) electrons. The molecule has 1 aliphatic heterocycles. The number of hydrogen-bond acceptors (Lipinski definition) is 7. The first-order valence-electron chi connectivity index (χ1n) is 11.3. The molecule has 1 aromatic heterocycles. The van der Waals surface area contributed by atoms with E-state index in [1.54, 1.807) is 18.2 Å². The molecule has 184 valence electrons. The molecule has 0 unspecified atom stereocenters. The summed E-state index contributed by atoms with van der Waals surface area (Å²) in [5.74, 6) is 0.450. The third kappa shape index (κ3) is 5.33. The number of hydrogen-bond donors (Lipinski definition) is 1. The summed E-state index contributed by atoms with van der Waals surface area (Å²) in [6.45, 7) is 5.92. The predicted molar refractivity (Wildman–Crippen MR) is 132 cm³/mol. The molecule has 2 heterocycles. The number of fused-ring (bicyclic) bond motifs is 1. The summed E-state index contributed by atoms with van der Waals surface area (Å²) < 4.78 is 23.1. The highest BCUT2D eigenvalue weighted by molar-refractivity contribution is 6.00. The first-order valence-corrected chi connectivity index (χ1v) is 11.3. The Morgan fingerprint density at radius 3 is 2.58 bits per heavy atom. The number of esters is 1. The van der Waals surface area contributed by atoms with Gasteiger partial charge in [0.05, 0.1) is 6.61 Å². The lowest BCUT2D eigenvalue weighted by atomic mass is 10.1. The Morgan fingerprint density at radius 1 is 1.11 bits per heavy atom. The maximum absolute atomic E-state index is 12.5. The number of anilines is 1. The molecular weight excluding hydrogens is 462 g/mol. The Morgan fingerprint density at radius 2 is 1.86 bits per heavy atom. The third-order valence-corrected chi connectivity index (χ3v) is 5.51. The summed E-state index contributed by atoms with van der Waals surface area (Å²) in [7, 11) is 0. The van der Waals surface area contributed by atoms with Gasteiger partial charge in [0.2, 0.25) is 6.79 Å². The zero-order valence-corrected chi connectivity index (χ0v) is 20.2. The van der Waals surface area contributed by atoms with Gasteiger partial charge in [0, 0.05) is 28.8 Å². The summed E-state index contributed by atoms with van der Waals surface area (Å²) in [6.07, 6.45) is 1.46. The summed E-state index contributed by atoms with van der Waals surface area (Å²) in [4.78, 5) is 24.7. The Balaban J connectivity index is 1.42. The molecule has 2 aromatic carbocycles. The van der Waals surface area contributed by atoms with Gasteiger partial charge in [-0.2, -0.15) is 5.26 Å². The average molecular weight is 488 g/mol. The van der Waals surface area contributed by atoms with E-state index in [-0.39, 0.29) is 12.4 Å². The molecule has 1 amide bonds. The minimum absolute atomic E-state index is 0.121. The maximum Gasteiger partial charge on any atom is 0.349 e. The van der Waals surface area contributed by atoms with E-state index in [9.17, 15) is 14.9 Å². The molecule has 36 heavy (non-hydrogen) atoms. The lowest BCUT2D eigenvalue weighted by Gasteiger charge is -2.11. The van der Waals surface area contributed by atoms with Crippen molar-refractivity contribution in [3.63, 3.8) is 0 Å². The number of ether oxygens (including phenoxy) is 4. The van der Waals surface area contributed by atoms with Crippen LogP contribution in [0.15, 0.2) is 54.1 Å². The van der Waals surface area contributed by atoms with Crippen molar-refractivity contribution in [2.75, 3.05) is 25.3 Å². The van der Waals surface area contributed by atoms with Crippen molar-refractivity contribution in [1.29, 1.82) is 5.26 Å². The van der Waals surface area contributed by atoms with Crippen molar-refractivity contribution in [3.05, 3.63) is 71.1 Å². The number of nitrogens with zero attached hydrogens (tertiary/aromatic N) is 2. The Hall–Kier alpha value is -4.71. The average Bonchev–Trinajstić information content (AvgIpc) is 3.45. The van der Waals surface area contributed by atoms with Gasteiger partial charge in [-0.05, 0) is 74.9 Å². The molecule has 0 bridgehead atoms. The van der Waals surface area contributed by atoms with Gasteiger partial charge in [-0.1, -0.05) is 0 Å². The van der Waals surface area contributed by atoms with Gasteiger partial charge in [0.15, 0.2) is 18.1 Å². The van der Waals surface area contributed by atoms with Crippen LogP contribution in [0, 0.1) is 25.2 Å². The first kappa shape index (κ1) is 24.4. The van der Waals surface area contributed by atoms with Gasteiger partial charge in [0.25, 0.3) is 5.91 Å². The van der Waals surface area contributed by atoms with Gasteiger partial charge in [0.1, 0.15) is 17.4 Å². The van der Waals surface area contributed by atoms with Gasteiger partial charge >= 0.3 is 5.97 Å². The zero-order valence-electron chi connectivity index (χ0n) is 20.2. The molecule has 0 saturated carbocycles. The van der Waals surface area contributed by atoms with Crippen molar-refractivity contribution < 1.29 is 28.5 Å². The number of rotatable bonds is 8. The monoisotopic (exact) mass is 487 g/mol. The van der Waals surface area contributed by atoms with E-state index in [1.165, 1.54) is 6.08 Å². The van der Waals surface area contributed by atoms with E-state index in [2.05, 4.69) is 5.32 Å². The molecular formula is C27H25N3O6. The van der Waals surface area contributed by atoms with Gasteiger partial charge in [-0.25, -0.2) is 4.79 Å². The highest BCUT2D eigenvalue weighted by atomic mass is 16.7. The van der Waals surface area contributed by atoms with Crippen LogP contribution in [0.3, 0.4) is 0 Å². The lowest BCUT2D eigenvalue weighted by Crippen LogP contribution is -2.21. The van der Waals surface area contributed by atoms with Crippen molar-refractivity contribution in [1.82, 2.24) is 4.57 Å². The van der Waals surface area contributed by atoms with Crippen LogP contribution in [0.2, 0.25) is 0 Å². The highest BCUT2D eigenvalue weighted by Crippen LogP contribution is 2.34. The second kappa shape index (κ2) is 10.7. The Kier molecular flexibility index (Phi) is 7.25. The van der Waals surface area contributed by atoms with E-state index in [0.717, 1.165) is 22.8 Å². The van der Waals surface area contributed by atoms with Crippen molar-refractivity contribution in [2.24, 2.45) is 0 Å². The van der Waals surface area contributed by atoms with Gasteiger partial charge < -0.3 is 28.8 Å². The van der Waals surface area contributed by atoms with Crippen molar-refractivity contribution in [2.45, 2.75) is 20.8 Å². The molecule has 0 fully saturated rings. The van der Waals surface area contributed by atoms with Crippen LogP contribution >= 0.6 is 0 Å². The fourth-order valence-corrected chi connectivity index (χ4v) is 3.86. The Labute approximate surface area is 208 Å². The van der Waals surface area contributed by atoms with Crippen LogP contribution < -0.4 is 19.5 Å². The largest absolute Gasteiger partial charge is 0.494 e. The second-order valence-electron chi connectivity index (χ2n) is 7.95. The highest BCUT2D eigenvalue weighted by Gasteiger charge is 2.18. The molecule has 0 saturated heterocycles. The SMILES string of the molecule is CCOc1ccc(-n2c(C)cc(/C=C(\C#N)C(=O)OCC(=O)Nc3ccc4c(c3)OCO4)c2C)cc1. The van der Waals surface area contributed by atoms with Crippen LogP contribution in [0.25, 0.3) is 11.8 Å². The van der Waals surface area contributed by atoms with Gasteiger partial charge in [-0.15, -0.1) is 0 Å². The number of carbonyl (C=O) groups is 2. The van der Waals surface area contributed by atoms with E-state index >= 15 is 0 Å². The van der Waals surface area contributed by atoms with E-state index < -0.39 is 18.5 Å². The number of aryl methyl sites for hydroxylation is 1. The van der Waals surface area contributed by atoms with Crippen LogP contribution in [0.5, 0.6) is 17.2 Å². The number of benzene rings is 2. The molecule has 3 aromatic rings. The second-order valence-corrected chi connectivity index (χ2v) is 7.95. The zero-order chi connectivity index (χ0) is 25.7. The number of carbonyl (C=O) groups excluding carboxylic acids is 2. The van der Waals surface area contributed by atoms with Crippen molar-refractivity contribution >= 4 is 23.6 Å². The molecule has 0 aliphatic carbocycles. The minimum Gasteiger partial charge on any atom is -0.494 e. The van der Waals surface area contributed by atoms with Crippen molar-refractivity contribution in [3.8, 4) is 29.0 Å². The predicted octanol–water partition coefficient (Wildman–Crippen LogP) is 4.31. The molecule has 4 rings (SSSR count). The number of nitrogens with one attached hydrogen (secondary N) is 1. The fraction of sp³-hybridized carbons (Fsp3) is 0.222. The van der Waals surface area contributed by atoms with E-state index in [4.69, 9.17) is 18.9 Å². The maximum atomic E-state index is 12.5. The summed E-state index contributed by atoms with van der Waals surface area (Å²) in [6, 6.07) is 16.3. The topological polar surface area (TPSA) is 112 Å². The van der Waals surface area contributed by atoms with E-state index in [1.807, 2.05) is 61.7 Å². The third-order valence-electron chi connectivity index (χ3n) is 5.51. The Bertz CT molecular complexity index is 1370. The van der Waals surface area contributed by atoms with Gasteiger partial charge in [-0.3, -0.25) is 4.79 Å². The molecule has 0 spiro atoms. The quantitative estimate of drug-likeness (QED) is 0.286. The molecule has 1 N–H and O–H groups in total. The first-order chi connectivity index (χ1) is 17.4. The summed E-state index contributed by atoms with van der Waals surface area (Å²) in [5, 5.41) is 12.2. The normalized spacial score (nSPS) is 12.1. The summed E-state index contributed by atoms with van der Waals surface area (Å²) >= 11 is 0. The molecule has 1 aliphatic rings. The van der Waals surface area contributed by atoms with Crippen LogP contribution in [-0.4, -0.2) is 36.5 Å². The molecule has 9 nitrogen and oxygen atoms in total. The number of amides is 1. The number of aromatic nitrogens is 1. The summed E-state index contributed by atoms with van der Waals surface area (Å²) in [5.41, 5.74) is 3.65. The van der Waals surface area contributed by atoms with Crippen LogP contribution in [0.4, 0.5) is 5.69 Å².